The van der Waals surface area contributed by atoms with Crippen LogP contribution in [-0.2, 0) is 4.79 Å². The lowest BCUT2D eigenvalue weighted by Gasteiger charge is -2.34. The van der Waals surface area contributed by atoms with Gasteiger partial charge < -0.3 is 15.1 Å². The Kier molecular flexibility index (Phi) is 4.09. The van der Waals surface area contributed by atoms with Crippen LogP contribution in [0.2, 0.25) is 0 Å². The van der Waals surface area contributed by atoms with Gasteiger partial charge >= 0.3 is 6.03 Å². The van der Waals surface area contributed by atoms with Gasteiger partial charge in [-0.2, -0.15) is 5.10 Å². The first-order valence-corrected chi connectivity index (χ1v) is 8.56. The molecule has 130 valence electrons. The molecule has 8 nitrogen and oxygen atoms in total. The van der Waals surface area contributed by atoms with Crippen molar-refractivity contribution in [3.63, 3.8) is 0 Å². The Hall–Kier alpha value is -2.90. The summed E-state index contributed by atoms with van der Waals surface area (Å²) in [5, 5.41) is 9.71. The van der Waals surface area contributed by atoms with Crippen LogP contribution in [0.25, 0.3) is 0 Å². The van der Waals surface area contributed by atoms with Crippen LogP contribution < -0.4 is 10.2 Å². The number of nitrogens with zero attached hydrogens (tertiary/aromatic N) is 4. The molecule has 1 atom stereocenters. The van der Waals surface area contributed by atoms with Crippen LogP contribution in [0.1, 0.15) is 37.5 Å². The number of carbonyl (C=O) groups excluding carboxylic acids is 2. The van der Waals surface area contributed by atoms with Gasteiger partial charge in [0.15, 0.2) is 0 Å². The van der Waals surface area contributed by atoms with Crippen molar-refractivity contribution in [3.8, 4) is 0 Å². The van der Waals surface area contributed by atoms with Gasteiger partial charge in [0, 0.05) is 30.9 Å². The molecule has 1 aromatic carbocycles. The molecule has 2 fully saturated rings. The Labute approximate surface area is 145 Å². The van der Waals surface area contributed by atoms with E-state index in [0.29, 0.717) is 18.7 Å². The van der Waals surface area contributed by atoms with Crippen molar-refractivity contribution in [3.05, 3.63) is 36.4 Å². The molecular weight excluding hydrogens is 320 g/mol. The second-order valence-electron chi connectivity index (χ2n) is 6.35. The molecule has 3 amide bonds. The van der Waals surface area contributed by atoms with Crippen molar-refractivity contribution in [2.45, 2.75) is 31.7 Å². The number of aromatic amines is 1. The van der Waals surface area contributed by atoms with Crippen molar-refractivity contribution < 1.29 is 9.59 Å². The number of aromatic nitrogens is 3. The molecule has 0 saturated carbocycles. The molecule has 25 heavy (non-hydrogen) atoms. The predicted molar refractivity (Wildman–Crippen MR) is 92.1 cm³/mol. The topological polar surface area (TPSA) is 94.2 Å². The minimum absolute atomic E-state index is 0.0748. The van der Waals surface area contributed by atoms with Crippen LogP contribution in [-0.4, -0.2) is 45.1 Å². The van der Waals surface area contributed by atoms with Gasteiger partial charge in [0.05, 0.1) is 6.04 Å². The predicted octanol–water partition coefficient (Wildman–Crippen LogP) is 2.30. The van der Waals surface area contributed by atoms with Crippen LogP contribution in [0, 0.1) is 0 Å². The number of hydrogen-bond acceptors (Lipinski definition) is 4. The Bertz CT molecular complexity index is 758. The van der Waals surface area contributed by atoms with Crippen molar-refractivity contribution in [2.24, 2.45) is 0 Å². The first-order chi connectivity index (χ1) is 12.2. The molecule has 0 unspecified atom stereocenters. The molecule has 0 aliphatic carbocycles. The van der Waals surface area contributed by atoms with Crippen molar-refractivity contribution >= 4 is 23.3 Å². The minimum atomic E-state index is -0.145. The maximum absolute atomic E-state index is 12.7. The number of piperidine rings is 1. The second-order valence-corrected chi connectivity index (χ2v) is 6.35. The maximum atomic E-state index is 12.7. The lowest BCUT2D eigenvalue weighted by atomic mass is 10.0. The Morgan fingerprint density at radius 3 is 2.68 bits per heavy atom. The molecule has 3 heterocycles. The number of H-pyrrole nitrogens is 1. The molecule has 0 spiro atoms. The summed E-state index contributed by atoms with van der Waals surface area (Å²) in [6.07, 6.45) is 4.99. The Balaban J connectivity index is 1.44. The van der Waals surface area contributed by atoms with Gasteiger partial charge in [0.1, 0.15) is 12.2 Å². The number of benzene rings is 1. The maximum Gasteiger partial charge on any atom is 0.322 e. The van der Waals surface area contributed by atoms with Crippen LogP contribution >= 0.6 is 0 Å². The van der Waals surface area contributed by atoms with Gasteiger partial charge in [0.2, 0.25) is 5.91 Å². The number of hydrogen-bond donors (Lipinski definition) is 2. The number of likely N-dealkylation sites (tertiary alicyclic amines) is 1. The first-order valence-electron chi connectivity index (χ1n) is 8.56. The summed E-state index contributed by atoms with van der Waals surface area (Å²) in [4.78, 5) is 31.9. The van der Waals surface area contributed by atoms with Gasteiger partial charge in [-0.15, -0.1) is 0 Å². The molecular formula is C17H20N6O2. The van der Waals surface area contributed by atoms with E-state index in [9.17, 15) is 9.59 Å². The van der Waals surface area contributed by atoms with Gasteiger partial charge in [-0.1, -0.05) is 0 Å². The molecule has 4 rings (SSSR count). The first kappa shape index (κ1) is 15.6. The van der Waals surface area contributed by atoms with E-state index in [1.807, 2.05) is 24.3 Å². The highest BCUT2D eigenvalue weighted by Crippen LogP contribution is 2.29. The van der Waals surface area contributed by atoms with E-state index in [1.165, 1.54) is 6.33 Å². The Morgan fingerprint density at radius 2 is 2.04 bits per heavy atom. The van der Waals surface area contributed by atoms with Gasteiger partial charge in [-0.25, -0.2) is 9.78 Å². The van der Waals surface area contributed by atoms with E-state index >= 15 is 0 Å². The zero-order valence-electron chi connectivity index (χ0n) is 13.8. The summed E-state index contributed by atoms with van der Waals surface area (Å²) < 4.78 is 0. The van der Waals surface area contributed by atoms with Gasteiger partial charge in [0.25, 0.3) is 0 Å². The highest BCUT2D eigenvalue weighted by Gasteiger charge is 2.30. The van der Waals surface area contributed by atoms with Gasteiger partial charge in [-0.3, -0.25) is 9.89 Å². The van der Waals surface area contributed by atoms with Crippen LogP contribution in [0.5, 0.6) is 0 Å². The average Bonchev–Trinajstić information content (AvgIpc) is 3.16. The quantitative estimate of drug-likeness (QED) is 0.838. The summed E-state index contributed by atoms with van der Waals surface area (Å²) in [6.45, 7) is 1.45. The number of anilines is 2. The van der Waals surface area contributed by atoms with Crippen molar-refractivity contribution in [1.29, 1.82) is 0 Å². The molecule has 2 saturated heterocycles. The van der Waals surface area contributed by atoms with E-state index in [4.69, 9.17) is 0 Å². The van der Waals surface area contributed by atoms with Crippen molar-refractivity contribution in [1.82, 2.24) is 20.1 Å². The summed E-state index contributed by atoms with van der Waals surface area (Å²) in [5.74, 6) is 0.862. The van der Waals surface area contributed by atoms with Crippen LogP contribution in [0.4, 0.5) is 16.2 Å². The van der Waals surface area contributed by atoms with E-state index in [1.54, 1.807) is 9.80 Å². The fraction of sp³-hybridized carbons (Fsp3) is 0.412. The number of rotatable bonds is 3. The third kappa shape index (κ3) is 3.07. The van der Waals surface area contributed by atoms with Crippen LogP contribution in [0.15, 0.2) is 30.6 Å². The largest absolute Gasteiger partial charge is 0.322 e. The molecule has 2 N–H and O–H groups in total. The number of β-lactam (4-membered cyclic amide) rings is 1. The molecule has 2 aliphatic rings. The molecule has 2 aromatic rings. The van der Waals surface area contributed by atoms with E-state index in [-0.39, 0.29) is 18.0 Å². The molecule has 8 heteroatoms. The molecule has 1 aromatic heterocycles. The number of nitrogens with one attached hydrogen (secondary N) is 2. The standard InChI is InChI=1S/C17H20N6O2/c24-15-8-10-22(15)13-6-4-12(5-7-13)20-17(25)23-9-2-1-3-14(23)16-18-11-19-21-16/h4-7,11,14H,1-3,8-10H2,(H,20,25)(H,18,19,21)/t14-/m1/s1. The van der Waals surface area contributed by atoms with Crippen molar-refractivity contribution in [2.75, 3.05) is 23.3 Å². The van der Waals surface area contributed by atoms with E-state index in [2.05, 4.69) is 20.5 Å². The monoisotopic (exact) mass is 340 g/mol. The van der Waals surface area contributed by atoms with E-state index < -0.39 is 0 Å². The lowest BCUT2D eigenvalue weighted by molar-refractivity contribution is -0.122. The fourth-order valence-corrected chi connectivity index (χ4v) is 3.34. The third-order valence-electron chi connectivity index (χ3n) is 4.79. The summed E-state index contributed by atoms with van der Waals surface area (Å²) >= 11 is 0. The lowest BCUT2D eigenvalue weighted by Crippen LogP contribution is -2.43. The molecule has 0 bridgehead atoms. The zero-order chi connectivity index (χ0) is 17.2. The summed E-state index contributed by atoms with van der Waals surface area (Å²) in [5.41, 5.74) is 1.58. The fourth-order valence-electron chi connectivity index (χ4n) is 3.34. The average molecular weight is 340 g/mol. The Morgan fingerprint density at radius 1 is 1.20 bits per heavy atom. The normalized spacial score (nSPS) is 20.3. The molecule has 2 aliphatic heterocycles. The van der Waals surface area contributed by atoms with Gasteiger partial charge in [-0.05, 0) is 43.5 Å². The zero-order valence-corrected chi connectivity index (χ0v) is 13.8. The minimum Gasteiger partial charge on any atom is -0.314 e. The number of amides is 3. The number of urea groups is 1. The molecule has 0 radical (unpaired) electrons. The smallest absolute Gasteiger partial charge is 0.314 e. The second kappa shape index (κ2) is 6.54. The van der Waals surface area contributed by atoms with Crippen LogP contribution in [0.3, 0.4) is 0 Å². The highest BCUT2D eigenvalue weighted by atomic mass is 16.2. The highest BCUT2D eigenvalue weighted by molar-refractivity contribution is 5.99. The SMILES string of the molecule is O=C1CCN1c1ccc(NC(=O)N2CCCC[C@@H]2c2ncn[nH]2)cc1. The van der Waals surface area contributed by atoms with E-state index in [0.717, 1.165) is 37.3 Å². The number of carbonyl (C=O) groups is 2. The summed E-state index contributed by atoms with van der Waals surface area (Å²) in [6, 6.07) is 7.15. The summed E-state index contributed by atoms with van der Waals surface area (Å²) in [7, 11) is 0. The third-order valence-corrected chi connectivity index (χ3v) is 4.79.